The molecule has 5 nitrogen and oxygen atoms in total. The average molecular weight is 279 g/mol. The van der Waals surface area contributed by atoms with Crippen molar-refractivity contribution in [2.75, 3.05) is 30.3 Å². The van der Waals surface area contributed by atoms with Crippen LogP contribution in [0.15, 0.2) is 12.1 Å². The summed E-state index contributed by atoms with van der Waals surface area (Å²) in [6.07, 6.45) is 1.96. The van der Waals surface area contributed by atoms with Crippen LogP contribution in [-0.2, 0) is 0 Å². The lowest BCUT2D eigenvalue weighted by Crippen LogP contribution is -2.25. The van der Waals surface area contributed by atoms with Gasteiger partial charge in [0.1, 0.15) is 11.4 Å². The van der Waals surface area contributed by atoms with E-state index < -0.39 is 0 Å². The van der Waals surface area contributed by atoms with Gasteiger partial charge >= 0.3 is 0 Å². The van der Waals surface area contributed by atoms with Crippen LogP contribution in [0.25, 0.3) is 0 Å². The zero-order chi connectivity index (χ0) is 14.8. The van der Waals surface area contributed by atoms with Crippen LogP contribution >= 0.6 is 0 Å². The lowest BCUT2D eigenvalue weighted by Gasteiger charge is -2.23. The molecule has 1 aliphatic rings. The van der Waals surface area contributed by atoms with Gasteiger partial charge in [-0.3, -0.25) is 0 Å². The zero-order valence-corrected chi connectivity index (χ0v) is 12.6. The number of anilines is 2. The highest BCUT2D eigenvalue weighted by molar-refractivity contribution is 5.55. The van der Waals surface area contributed by atoms with Crippen LogP contribution in [-0.4, -0.2) is 35.4 Å². The summed E-state index contributed by atoms with van der Waals surface area (Å²) in [5.41, 5.74) is 6.18. The van der Waals surface area contributed by atoms with Crippen LogP contribution in [0, 0.1) is 5.92 Å². The fourth-order valence-corrected chi connectivity index (χ4v) is 2.45. The van der Waals surface area contributed by atoms with Gasteiger partial charge in [-0.05, 0) is 51.7 Å². The molecule has 0 bridgehead atoms. The maximum Gasteiger partial charge on any atom is 0.239 e. The number of pyridine rings is 1. The number of nitrogen functional groups attached to an aromatic ring is 1. The van der Waals surface area contributed by atoms with Crippen molar-refractivity contribution in [1.29, 1.82) is 0 Å². The molecular weight excluding hydrogens is 254 g/mol. The molecule has 1 aliphatic heterocycles. The highest BCUT2D eigenvalue weighted by atomic mass is 16.5. The van der Waals surface area contributed by atoms with E-state index in [1.165, 1.54) is 0 Å². The highest BCUT2D eigenvalue weighted by Gasteiger charge is 2.24. The van der Waals surface area contributed by atoms with Gasteiger partial charge in [-0.2, -0.15) is 4.98 Å². The van der Waals surface area contributed by atoms with E-state index in [0.29, 0.717) is 17.5 Å². The Balaban J connectivity index is 2.12. The average Bonchev–Trinajstić information content (AvgIpc) is 2.79. The Hall–Kier alpha value is -1.49. The summed E-state index contributed by atoms with van der Waals surface area (Å²) in [5, 5.41) is 9.02. The second-order valence-electron chi connectivity index (χ2n) is 6.39. The Morgan fingerprint density at radius 2 is 2.20 bits per heavy atom. The summed E-state index contributed by atoms with van der Waals surface area (Å²) in [6.45, 7) is 8.10. The third-order valence-electron chi connectivity index (χ3n) is 3.43. The topological polar surface area (TPSA) is 71.6 Å². The molecule has 1 atom stereocenters. The van der Waals surface area contributed by atoms with Crippen molar-refractivity contribution in [3.63, 3.8) is 0 Å². The molecule has 1 fully saturated rings. The molecule has 3 N–H and O–H groups in total. The Kier molecular flexibility index (Phi) is 4.38. The number of ether oxygens (including phenoxy) is 1. The molecule has 5 heteroatoms. The predicted octanol–water partition coefficient (Wildman–Crippen LogP) is 2.05. The van der Waals surface area contributed by atoms with E-state index in [0.717, 1.165) is 31.7 Å². The van der Waals surface area contributed by atoms with Gasteiger partial charge in [0.2, 0.25) is 5.88 Å². The maximum atomic E-state index is 9.02. The lowest BCUT2D eigenvalue weighted by atomic mass is 10.1. The van der Waals surface area contributed by atoms with Crippen molar-refractivity contribution < 1.29 is 9.84 Å². The first kappa shape index (κ1) is 14.9. The van der Waals surface area contributed by atoms with Crippen molar-refractivity contribution in [2.24, 2.45) is 5.92 Å². The van der Waals surface area contributed by atoms with Crippen LogP contribution in [0.3, 0.4) is 0 Å². The summed E-state index contributed by atoms with van der Waals surface area (Å²) < 4.78 is 5.80. The van der Waals surface area contributed by atoms with E-state index in [2.05, 4.69) is 9.88 Å². The van der Waals surface area contributed by atoms with Gasteiger partial charge in [-0.25, -0.2) is 0 Å². The first-order chi connectivity index (χ1) is 9.39. The van der Waals surface area contributed by atoms with Gasteiger partial charge in [0, 0.05) is 19.7 Å². The van der Waals surface area contributed by atoms with E-state index >= 15 is 0 Å². The minimum absolute atomic E-state index is 0.256. The highest BCUT2D eigenvalue weighted by Crippen LogP contribution is 2.29. The second kappa shape index (κ2) is 5.87. The molecule has 20 heavy (non-hydrogen) atoms. The van der Waals surface area contributed by atoms with Gasteiger partial charge in [-0.1, -0.05) is 0 Å². The lowest BCUT2D eigenvalue weighted by molar-refractivity contribution is 0.125. The van der Waals surface area contributed by atoms with Gasteiger partial charge in [0.15, 0.2) is 0 Å². The minimum atomic E-state index is -0.315. The molecule has 2 heterocycles. The van der Waals surface area contributed by atoms with Crippen molar-refractivity contribution >= 4 is 11.5 Å². The Bertz CT molecular complexity index is 457. The number of aliphatic hydroxyl groups excluding tert-OH is 1. The van der Waals surface area contributed by atoms with Crippen LogP contribution < -0.4 is 15.4 Å². The number of aromatic nitrogens is 1. The van der Waals surface area contributed by atoms with E-state index in [4.69, 9.17) is 15.6 Å². The molecule has 0 aliphatic carbocycles. The van der Waals surface area contributed by atoms with E-state index in [1.807, 2.05) is 32.9 Å². The molecule has 0 radical (unpaired) electrons. The number of nitrogens with zero attached hydrogens (tertiary/aromatic N) is 2. The molecular formula is C15H25N3O2. The van der Waals surface area contributed by atoms with Gasteiger partial charge in [0.05, 0.1) is 5.69 Å². The van der Waals surface area contributed by atoms with Crippen LogP contribution in [0.2, 0.25) is 0 Å². The van der Waals surface area contributed by atoms with Crippen LogP contribution in [0.4, 0.5) is 11.5 Å². The van der Waals surface area contributed by atoms with Crippen molar-refractivity contribution in [3.8, 4) is 5.88 Å². The van der Waals surface area contributed by atoms with Crippen molar-refractivity contribution in [1.82, 2.24) is 4.98 Å². The predicted molar refractivity (Wildman–Crippen MR) is 81.1 cm³/mol. The smallest absolute Gasteiger partial charge is 0.239 e. The first-order valence-corrected chi connectivity index (χ1v) is 7.20. The van der Waals surface area contributed by atoms with E-state index in [1.54, 1.807) is 0 Å². The summed E-state index contributed by atoms with van der Waals surface area (Å²) in [6, 6.07) is 3.79. The molecule has 1 saturated heterocycles. The monoisotopic (exact) mass is 279 g/mol. The van der Waals surface area contributed by atoms with Gasteiger partial charge < -0.3 is 20.5 Å². The number of hydrogen-bond donors (Lipinski definition) is 2. The fraction of sp³-hybridized carbons (Fsp3) is 0.667. The summed E-state index contributed by atoms with van der Waals surface area (Å²) in [5.74, 6) is 1.95. The molecule has 112 valence electrons. The Morgan fingerprint density at radius 1 is 1.45 bits per heavy atom. The van der Waals surface area contributed by atoms with Crippen molar-refractivity contribution in [3.05, 3.63) is 12.1 Å². The van der Waals surface area contributed by atoms with Crippen LogP contribution in [0.5, 0.6) is 5.88 Å². The quantitative estimate of drug-likeness (QED) is 0.882. The molecule has 0 aromatic carbocycles. The SMILES string of the molecule is CC(C)(C)Oc1nc(N2CCC(CCO)C2)ccc1N. The Labute approximate surface area is 120 Å². The molecule has 2 rings (SSSR count). The fourth-order valence-electron chi connectivity index (χ4n) is 2.45. The second-order valence-corrected chi connectivity index (χ2v) is 6.39. The number of nitrogens with two attached hydrogens (primary N) is 1. The number of hydrogen-bond acceptors (Lipinski definition) is 5. The minimum Gasteiger partial charge on any atom is -0.470 e. The van der Waals surface area contributed by atoms with Gasteiger partial charge in [-0.15, -0.1) is 0 Å². The van der Waals surface area contributed by atoms with Crippen LogP contribution in [0.1, 0.15) is 33.6 Å². The Morgan fingerprint density at radius 3 is 2.85 bits per heavy atom. The molecule has 1 unspecified atom stereocenters. The third-order valence-corrected chi connectivity index (χ3v) is 3.43. The largest absolute Gasteiger partial charge is 0.470 e. The summed E-state index contributed by atoms with van der Waals surface area (Å²) in [4.78, 5) is 6.78. The number of aliphatic hydroxyl groups is 1. The van der Waals surface area contributed by atoms with Gasteiger partial charge in [0.25, 0.3) is 0 Å². The molecule has 0 saturated carbocycles. The maximum absolute atomic E-state index is 9.02. The molecule has 1 aromatic rings. The normalized spacial score (nSPS) is 19.4. The molecule has 1 aromatic heterocycles. The number of rotatable bonds is 4. The third kappa shape index (κ3) is 3.76. The standard InChI is InChI=1S/C15H25N3O2/c1-15(2,3)20-14-12(16)4-5-13(17-14)18-8-6-11(10-18)7-9-19/h4-5,11,19H,6-10,16H2,1-3H3. The molecule has 0 amide bonds. The summed E-state index contributed by atoms with van der Waals surface area (Å²) in [7, 11) is 0. The van der Waals surface area contributed by atoms with E-state index in [9.17, 15) is 0 Å². The molecule has 0 spiro atoms. The summed E-state index contributed by atoms with van der Waals surface area (Å²) >= 11 is 0. The van der Waals surface area contributed by atoms with E-state index in [-0.39, 0.29) is 12.2 Å². The first-order valence-electron chi connectivity index (χ1n) is 7.20. The van der Waals surface area contributed by atoms with Crippen molar-refractivity contribution in [2.45, 2.75) is 39.2 Å². The zero-order valence-electron chi connectivity index (χ0n) is 12.6.